The van der Waals surface area contributed by atoms with Crippen molar-refractivity contribution in [1.82, 2.24) is 29.6 Å². The Morgan fingerprint density at radius 1 is 1.48 bits per heavy atom. The van der Waals surface area contributed by atoms with Gasteiger partial charge in [0, 0.05) is 13.1 Å². The molecule has 1 aliphatic rings. The summed E-state index contributed by atoms with van der Waals surface area (Å²) in [5.74, 6) is 0.378. The summed E-state index contributed by atoms with van der Waals surface area (Å²) >= 11 is 6.05. The number of piperidine rings is 1. The Morgan fingerprint density at radius 2 is 2.33 bits per heavy atom. The van der Waals surface area contributed by atoms with Crippen molar-refractivity contribution in [1.29, 1.82) is 0 Å². The van der Waals surface area contributed by atoms with Gasteiger partial charge in [0.25, 0.3) is 5.91 Å². The average molecular weight is 307 g/mol. The molecule has 3 heterocycles. The zero-order chi connectivity index (χ0) is 14.8. The third-order valence-electron chi connectivity index (χ3n) is 3.56. The lowest BCUT2D eigenvalue weighted by Crippen LogP contribution is -2.41. The van der Waals surface area contributed by atoms with E-state index >= 15 is 0 Å². The highest BCUT2D eigenvalue weighted by Crippen LogP contribution is 2.23. The maximum Gasteiger partial charge on any atom is 0.274 e. The zero-order valence-electron chi connectivity index (χ0n) is 11.6. The van der Waals surface area contributed by atoms with Crippen molar-refractivity contribution in [2.45, 2.75) is 25.8 Å². The van der Waals surface area contributed by atoms with E-state index in [1.54, 1.807) is 22.8 Å². The molecular weight excluding hydrogens is 292 g/mol. The van der Waals surface area contributed by atoms with E-state index in [9.17, 15) is 4.79 Å². The van der Waals surface area contributed by atoms with Gasteiger partial charge in [-0.15, -0.1) is 0 Å². The van der Waals surface area contributed by atoms with Crippen LogP contribution in [0.2, 0.25) is 5.02 Å². The van der Waals surface area contributed by atoms with Gasteiger partial charge in [-0.1, -0.05) is 11.6 Å². The standard InChI is InChI=1S/C13H15ClN6O/c1-9-16-5-11(14)12(18-9)13(21)19-4-2-3-10(6-19)20-8-15-7-17-20/h5,7-8,10H,2-4,6H2,1H3/t10-/m0/s1. The number of halogens is 1. The molecule has 0 aromatic carbocycles. The number of likely N-dealkylation sites (tertiary alicyclic amines) is 1. The molecule has 2 aromatic heterocycles. The van der Waals surface area contributed by atoms with Crippen molar-refractivity contribution in [3.05, 3.63) is 35.4 Å². The predicted molar refractivity (Wildman–Crippen MR) is 76.0 cm³/mol. The molecule has 0 bridgehead atoms. The highest BCUT2D eigenvalue weighted by Gasteiger charge is 2.27. The van der Waals surface area contributed by atoms with Crippen LogP contribution in [0.4, 0.5) is 0 Å². The number of aromatic nitrogens is 5. The van der Waals surface area contributed by atoms with Gasteiger partial charge in [-0.05, 0) is 19.8 Å². The molecule has 1 saturated heterocycles. The summed E-state index contributed by atoms with van der Waals surface area (Å²) < 4.78 is 1.80. The number of amides is 1. The molecule has 1 atom stereocenters. The lowest BCUT2D eigenvalue weighted by molar-refractivity contribution is 0.0666. The van der Waals surface area contributed by atoms with E-state index < -0.39 is 0 Å². The summed E-state index contributed by atoms with van der Waals surface area (Å²) in [6.45, 7) is 3.02. The van der Waals surface area contributed by atoms with E-state index in [4.69, 9.17) is 11.6 Å². The van der Waals surface area contributed by atoms with Crippen molar-refractivity contribution < 1.29 is 4.79 Å². The Labute approximate surface area is 127 Å². The number of nitrogens with zero attached hydrogens (tertiary/aromatic N) is 6. The molecule has 0 saturated carbocycles. The van der Waals surface area contributed by atoms with E-state index in [-0.39, 0.29) is 22.7 Å². The molecular formula is C13H15ClN6O. The van der Waals surface area contributed by atoms with Crippen LogP contribution in [-0.4, -0.2) is 48.6 Å². The van der Waals surface area contributed by atoms with Gasteiger partial charge in [0.05, 0.1) is 17.3 Å². The minimum atomic E-state index is -0.157. The fourth-order valence-corrected chi connectivity index (χ4v) is 2.69. The quantitative estimate of drug-likeness (QED) is 0.840. The Kier molecular flexibility index (Phi) is 3.83. The third-order valence-corrected chi connectivity index (χ3v) is 3.84. The average Bonchev–Trinajstić information content (AvgIpc) is 3.03. The summed E-state index contributed by atoms with van der Waals surface area (Å²) in [6.07, 6.45) is 6.55. The summed E-state index contributed by atoms with van der Waals surface area (Å²) in [5, 5.41) is 4.44. The monoisotopic (exact) mass is 306 g/mol. The van der Waals surface area contributed by atoms with Crippen molar-refractivity contribution in [2.24, 2.45) is 0 Å². The number of hydrogen-bond acceptors (Lipinski definition) is 5. The van der Waals surface area contributed by atoms with Gasteiger partial charge in [0.15, 0.2) is 5.69 Å². The molecule has 7 nitrogen and oxygen atoms in total. The van der Waals surface area contributed by atoms with Gasteiger partial charge in [0.2, 0.25) is 0 Å². The molecule has 0 aliphatic carbocycles. The van der Waals surface area contributed by atoms with Crippen LogP contribution in [0.25, 0.3) is 0 Å². The van der Waals surface area contributed by atoms with Crippen LogP contribution in [0.15, 0.2) is 18.9 Å². The Morgan fingerprint density at radius 3 is 3.10 bits per heavy atom. The molecule has 2 aromatic rings. The Hall–Kier alpha value is -2.02. The molecule has 0 radical (unpaired) electrons. The first kappa shape index (κ1) is 13.9. The number of rotatable bonds is 2. The van der Waals surface area contributed by atoms with Crippen LogP contribution < -0.4 is 0 Å². The van der Waals surface area contributed by atoms with Crippen LogP contribution in [0, 0.1) is 6.92 Å². The normalized spacial score (nSPS) is 18.8. The highest BCUT2D eigenvalue weighted by atomic mass is 35.5. The van der Waals surface area contributed by atoms with Crippen LogP contribution in [0.3, 0.4) is 0 Å². The first-order valence-electron chi connectivity index (χ1n) is 6.77. The lowest BCUT2D eigenvalue weighted by Gasteiger charge is -2.32. The van der Waals surface area contributed by atoms with E-state index in [0.29, 0.717) is 18.9 Å². The van der Waals surface area contributed by atoms with Crippen LogP contribution >= 0.6 is 11.6 Å². The second kappa shape index (κ2) is 5.77. The molecule has 3 rings (SSSR count). The fraction of sp³-hybridized carbons (Fsp3) is 0.462. The lowest BCUT2D eigenvalue weighted by atomic mass is 10.1. The first-order valence-corrected chi connectivity index (χ1v) is 7.15. The Bertz CT molecular complexity index is 644. The van der Waals surface area contributed by atoms with Gasteiger partial charge in [-0.2, -0.15) is 5.10 Å². The summed E-state index contributed by atoms with van der Waals surface area (Å²) in [7, 11) is 0. The van der Waals surface area contributed by atoms with Gasteiger partial charge in [-0.3, -0.25) is 4.79 Å². The number of carbonyl (C=O) groups is 1. The second-order valence-corrected chi connectivity index (χ2v) is 5.44. The molecule has 1 aliphatic heterocycles. The molecule has 8 heteroatoms. The maximum atomic E-state index is 12.6. The van der Waals surface area contributed by atoms with Gasteiger partial charge in [0.1, 0.15) is 18.5 Å². The number of hydrogen-bond donors (Lipinski definition) is 0. The van der Waals surface area contributed by atoms with Crippen LogP contribution in [0.1, 0.15) is 35.2 Å². The van der Waals surface area contributed by atoms with E-state index in [2.05, 4.69) is 20.1 Å². The van der Waals surface area contributed by atoms with Gasteiger partial charge >= 0.3 is 0 Å². The molecule has 21 heavy (non-hydrogen) atoms. The fourth-order valence-electron chi connectivity index (χ4n) is 2.52. The summed E-state index contributed by atoms with van der Waals surface area (Å²) in [5.41, 5.74) is 0.267. The molecule has 0 unspecified atom stereocenters. The molecule has 0 spiro atoms. The van der Waals surface area contributed by atoms with Crippen molar-refractivity contribution in [3.63, 3.8) is 0 Å². The zero-order valence-corrected chi connectivity index (χ0v) is 12.4. The summed E-state index contributed by atoms with van der Waals surface area (Å²) in [4.78, 5) is 26.5. The van der Waals surface area contributed by atoms with Crippen molar-refractivity contribution in [3.8, 4) is 0 Å². The first-order chi connectivity index (χ1) is 10.1. The van der Waals surface area contributed by atoms with E-state index in [1.807, 2.05) is 0 Å². The summed E-state index contributed by atoms with van der Waals surface area (Å²) in [6, 6.07) is 0.145. The molecule has 1 fully saturated rings. The predicted octanol–water partition coefficient (Wildman–Crippen LogP) is 1.51. The second-order valence-electron chi connectivity index (χ2n) is 5.04. The van der Waals surface area contributed by atoms with Gasteiger partial charge < -0.3 is 4.90 Å². The third kappa shape index (κ3) is 2.87. The van der Waals surface area contributed by atoms with Crippen molar-refractivity contribution >= 4 is 17.5 Å². The van der Waals surface area contributed by atoms with Crippen molar-refractivity contribution in [2.75, 3.05) is 13.1 Å². The Balaban J connectivity index is 1.79. The highest BCUT2D eigenvalue weighted by molar-refractivity contribution is 6.33. The van der Waals surface area contributed by atoms with Crippen LogP contribution in [-0.2, 0) is 0 Å². The van der Waals surface area contributed by atoms with Crippen LogP contribution in [0.5, 0.6) is 0 Å². The molecule has 110 valence electrons. The van der Waals surface area contributed by atoms with E-state index in [1.165, 1.54) is 12.5 Å². The minimum absolute atomic E-state index is 0.145. The molecule has 0 N–H and O–H groups in total. The number of aryl methyl sites for hydroxylation is 1. The van der Waals surface area contributed by atoms with E-state index in [0.717, 1.165) is 12.8 Å². The smallest absolute Gasteiger partial charge is 0.274 e. The van der Waals surface area contributed by atoms with Gasteiger partial charge in [-0.25, -0.2) is 19.6 Å². The SMILES string of the molecule is Cc1ncc(Cl)c(C(=O)N2CCC[C@H](n3cncn3)C2)n1. The largest absolute Gasteiger partial charge is 0.335 e. The maximum absolute atomic E-state index is 12.6. The topological polar surface area (TPSA) is 76.8 Å². The number of carbonyl (C=O) groups excluding carboxylic acids is 1. The molecule has 1 amide bonds. The minimum Gasteiger partial charge on any atom is -0.335 e.